The smallest absolute Gasteiger partial charge is 0.408 e. The molecular weight excluding hydrogens is 442 g/mol. The minimum absolute atomic E-state index is 0.0740. The topological polar surface area (TPSA) is 102 Å². The number of esters is 1. The van der Waals surface area contributed by atoms with E-state index >= 15 is 0 Å². The molecule has 3 saturated heterocycles. The second-order valence-corrected chi connectivity index (χ2v) is 9.36. The number of fused-ring (bicyclic) bond motifs is 1. The van der Waals surface area contributed by atoms with Crippen molar-refractivity contribution in [1.82, 2.24) is 5.32 Å². The molecular formula is C25H35NO8. The van der Waals surface area contributed by atoms with E-state index in [1.807, 2.05) is 58.0 Å². The van der Waals surface area contributed by atoms with Crippen molar-refractivity contribution < 1.29 is 38.0 Å². The lowest BCUT2D eigenvalue weighted by molar-refractivity contribution is -0.318. The van der Waals surface area contributed by atoms with Crippen LogP contribution >= 0.6 is 0 Å². The summed E-state index contributed by atoms with van der Waals surface area (Å²) in [5.74, 6) is -0.687. The summed E-state index contributed by atoms with van der Waals surface area (Å²) in [7, 11) is 1.34. The van der Waals surface area contributed by atoms with Gasteiger partial charge in [0.15, 0.2) is 18.5 Å². The van der Waals surface area contributed by atoms with E-state index in [4.69, 9.17) is 28.4 Å². The van der Waals surface area contributed by atoms with E-state index in [0.29, 0.717) is 13.0 Å². The highest BCUT2D eigenvalue weighted by atomic mass is 16.7. The Hall–Kier alpha value is -2.20. The summed E-state index contributed by atoms with van der Waals surface area (Å²) < 4.78 is 35.7. The molecule has 1 N–H and O–H groups in total. The van der Waals surface area contributed by atoms with E-state index in [2.05, 4.69) is 5.32 Å². The molecule has 9 heteroatoms. The number of ether oxygens (including phenoxy) is 6. The Labute approximate surface area is 200 Å². The van der Waals surface area contributed by atoms with Gasteiger partial charge in [0.05, 0.1) is 32.0 Å². The van der Waals surface area contributed by atoms with Gasteiger partial charge in [-0.05, 0) is 30.7 Å². The van der Waals surface area contributed by atoms with Crippen LogP contribution < -0.4 is 5.32 Å². The van der Waals surface area contributed by atoms with Crippen molar-refractivity contribution in [3.63, 3.8) is 0 Å². The molecule has 3 aliphatic rings. The zero-order chi connectivity index (χ0) is 24.4. The van der Waals surface area contributed by atoms with Crippen molar-refractivity contribution in [2.45, 2.75) is 89.7 Å². The lowest BCUT2D eigenvalue weighted by Crippen LogP contribution is -2.62. The Morgan fingerprint density at radius 2 is 1.79 bits per heavy atom. The Bertz CT molecular complexity index is 851. The van der Waals surface area contributed by atoms with E-state index < -0.39 is 42.8 Å². The first kappa shape index (κ1) is 24.9. The first-order valence-corrected chi connectivity index (χ1v) is 12.0. The maximum atomic E-state index is 12.5. The van der Waals surface area contributed by atoms with Gasteiger partial charge in [-0.1, -0.05) is 51.1 Å². The zero-order valence-corrected chi connectivity index (χ0v) is 20.3. The molecule has 0 aromatic heterocycles. The van der Waals surface area contributed by atoms with Gasteiger partial charge in [0.2, 0.25) is 0 Å². The van der Waals surface area contributed by atoms with E-state index in [1.54, 1.807) is 0 Å². The second kappa shape index (κ2) is 10.6. The predicted octanol–water partition coefficient (Wildman–Crippen LogP) is 2.80. The Kier molecular flexibility index (Phi) is 7.77. The van der Waals surface area contributed by atoms with E-state index in [0.717, 1.165) is 5.56 Å². The van der Waals surface area contributed by atoms with Crippen LogP contribution in [0.3, 0.4) is 0 Å². The minimum Gasteiger partial charge on any atom is -0.467 e. The molecule has 3 aliphatic heterocycles. The molecule has 1 amide bonds. The number of carbonyl (C=O) groups excluding carboxylic acids is 2. The number of amides is 1. The van der Waals surface area contributed by atoms with Crippen molar-refractivity contribution in [3.8, 4) is 0 Å². The van der Waals surface area contributed by atoms with Gasteiger partial charge in [-0.25, -0.2) is 9.59 Å². The molecule has 4 rings (SSSR count). The van der Waals surface area contributed by atoms with Crippen molar-refractivity contribution in [1.29, 1.82) is 0 Å². The molecule has 1 aromatic rings. The SMILES string of the molecule is CCC1O[C@@H](C)C2NC(=O)O[C@H]2[C@@H]1O[C@@H]1OC(C(=O)OC)[C@@H](C)[C@H](C)C1OCc1ccccc1. The summed E-state index contributed by atoms with van der Waals surface area (Å²) in [6.07, 6.45) is -3.63. The maximum absolute atomic E-state index is 12.5. The monoisotopic (exact) mass is 477 g/mol. The first-order chi connectivity index (χ1) is 16.3. The molecule has 3 heterocycles. The molecule has 4 unspecified atom stereocenters. The molecule has 1 aromatic carbocycles. The first-order valence-electron chi connectivity index (χ1n) is 12.0. The van der Waals surface area contributed by atoms with Crippen LogP contribution in [0.5, 0.6) is 0 Å². The Morgan fingerprint density at radius 1 is 1.06 bits per heavy atom. The number of hydrogen-bond acceptors (Lipinski definition) is 8. The van der Waals surface area contributed by atoms with Crippen LogP contribution in [0.1, 0.15) is 39.7 Å². The van der Waals surface area contributed by atoms with Crippen LogP contribution in [0, 0.1) is 11.8 Å². The molecule has 0 spiro atoms. The van der Waals surface area contributed by atoms with Gasteiger partial charge in [0, 0.05) is 0 Å². The molecule has 0 radical (unpaired) electrons. The summed E-state index contributed by atoms with van der Waals surface area (Å²) in [4.78, 5) is 24.5. The van der Waals surface area contributed by atoms with Gasteiger partial charge in [-0.2, -0.15) is 0 Å². The fraction of sp³-hybridized carbons (Fsp3) is 0.680. The predicted molar refractivity (Wildman–Crippen MR) is 121 cm³/mol. The largest absolute Gasteiger partial charge is 0.467 e. The number of hydrogen-bond donors (Lipinski definition) is 1. The highest BCUT2D eigenvalue weighted by Gasteiger charge is 2.54. The number of nitrogens with one attached hydrogen (secondary N) is 1. The Balaban J connectivity index is 1.58. The van der Waals surface area contributed by atoms with Crippen LogP contribution in [0.25, 0.3) is 0 Å². The third kappa shape index (κ3) is 4.93. The highest BCUT2D eigenvalue weighted by Crippen LogP contribution is 2.38. The average Bonchev–Trinajstić information content (AvgIpc) is 3.24. The lowest BCUT2D eigenvalue weighted by atomic mass is 9.83. The van der Waals surface area contributed by atoms with E-state index in [-0.39, 0.29) is 30.1 Å². The summed E-state index contributed by atoms with van der Waals surface area (Å²) in [6, 6.07) is 9.51. The van der Waals surface area contributed by atoms with Crippen LogP contribution in [-0.2, 0) is 39.8 Å². The second-order valence-electron chi connectivity index (χ2n) is 9.36. The summed E-state index contributed by atoms with van der Waals surface area (Å²) >= 11 is 0. The van der Waals surface area contributed by atoms with Gasteiger partial charge in [-0.3, -0.25) is 0 Å². The summed E-state index contributed by atoms with van der Waals surface area (Å²) in [5, 5.41) is 2.81. The van der Waals surface area contributed by atoms with Gasteiger partial charge in [0.25, 0.3) is 0 Å². The molecule has 0 saturated carbocycles. The van der Waals surface area contributed by atoms with Crippen LogP contribution in [0.2, 0.25) is 0 Å². The third-order valence-corrected chi connectivity index (χ3v) is 7.25. The summed E-state index contributed by atoms with van der Waals surface area (Å²) in [6.45, 7) is 8.23. The number of benzene rings is 1. The van der Waals surface area contributed by atoms with E-state index in [1.165, 1.54) is 7.11 Å². The maximum Gasteiger partial charge on any atom is 0.408 e. The molecule has 0 aliphatic carbocycles. The Morgan fingerprint density at radius 3 is 2.47 bits per heavy atom. The van der Waals surface area contributed by atoms with Crippen molar-refractivity contribution in [2.24, 2.45) is 11.8 Å². The zero-order valence-electron chi connectivity index (χ0n) is 20.3. The lowest BCUT2D eigenvalue weighted by Gasteiger charge is -2.47. The quantitative estimate of drug-likeness (QED) is 0.599. The standard InChI is InChI=1S/C25H35NO8/c1-6-17-21(22-18(15(4)31-17)26-25(28)34-22)33-24-20(30-12-16-10-8-7-9-11-16)14(3)13(2)19(32-24)23(27)29-5/h7-11,13-15,17-22,24H,6,12H2,1-5H3,(H,26,28)/t13-,14-,15-,17?,18?,19?,20?,21+,22+,24-/m0/s1. The minimum atomic E-state index is -0.880. The third-order valence-electron chi connectivity index (χ3n) is 7.25. The van der Waals surface area contributed by atoms with Gasteiger partial charge in [0.1, 0.15) is 12.2 Å². The van der Waals surface area contributed by atoms with Crippen LogP contribution in [-0.4, -0.2) is 68.1 Å². The number of alkyl carbamates (subject to hydrolysis) is 1. The van der Waals surface area contributed by atoms with Gasteiger partial charge < -0.3 is 33.7 Å². The van der Waals surface area contributed by atoms with Crippen molar-refractivity contribution in [3.05, 3.63) is 35.9 Å². The van der Waals surface area contributed by atoms with Crippen LogP contribution in [0.15, 0.2) is 30.3 Å². The highest BCUT2D eigenvalue weighted by molar-refractivity contribution is 5.75. The number of methoxy groups -OCH3 is 1. The number of carbonyl (C=O) groups is 2. The average molecular weight is 478 g/mol. The van der Waals surface area contributed by atoms with Gasteiger partial charge >= 0.3 is 12.1 Å². The normalized spacial score (nSPS) is 39.6. The molecule has 0 bridgehead atoms. The van der Waals surface area contributed by atoms with Gasteiger partial charge in [-0.15, -0.1) is 0 Å². The molecule has 188 valence electrons. The molecule has 34 heavy (non-hydrogen) atoms. The summed E-state index contributed by atoms with van der Waals surface area (Å²) in [5.41, 5.74) is 1.02. The molecule has 9 nitrogen and oxygen atoms in total. The molecule has 3 fully saturated rings. The van der Waals surface area contributed by atoms with Crippen molar-refractivity contribution in [2.75, 3.05) is 7.11 Å². The van der Waals surface area contributed by atoms with E-state index in [9.17, 15) is 9.59 Å². The molecule has 10 atom stereocenters. The van der Waals surface area contributed by atoms with Crippen LogP contribution in [0.4, 0.5) is 4.79 Å². The van der Waals surface area contributed by atoms with Crippen molar-refractivity contribution >= 4 is 12.1 Å². The number of rotatable bonds is 7. The fourth-order valence-corrected chi connectivity index (χ4v) is 5.06. The fourth-order valence-electron chi connectivity index (χ4n) is 5.06.